The van der Waals surface area contributed by atoms with Crippen molar-refractivity contribution in [3.05, 3.63) is 29.6 Å². The van der Waals surface area contributed by atoms with Crippen LogP contribution in [-0.4, -0.2) is 54.9 Å². The fourth-order valence-electron chi connectivity index (χ4n) is 4.01. The van der Waals surface area contributed by atoms with Crippen molar-refractivity contribution in [2.75, 3.05) is 11.9 Å². The van der Waals surface area contributed by atoms with Crippen LogP contribution in [0.5, 0.6) is 5.75 Å². The molecule has 1 aromatic heterocycles. The number of carbonyl (C=O) groups is 3. The molecule has 2 heterocycles. The maximum Gasteiger partial charge on any atom is 0.414 e. The van der Waals surface area contributed by atoms with Crippen LogP contribution in [0, 0.1) is 0 Å². The van der Waals surface area contributed by atoms with E-state index < -0.39 is 11.9 Å². The Bertz CT molecular complexity index is 958. The van der Waals surface area contributed by atoms with Crippen LogP contribution in [0.15, 0.2) is 18.2 Å². The van der Waals surface area contributed by atoms with Crippen molar-refractivity contribution in [1.82, 2.24) is 20.2 Å². The lowest BCUT2D eigenvalue weighted by atomic mass is 9.95. The second kappa shape index (κ2) is 11.9. The van der Waals surface area contributed by atoms with E-state index in [4.69, 9.17) is 24.5 Å². The molecule has 1 aliphatic carbocycles. The van der Waals surface area contributed by atoms with Gasteiger partial charge in [0.05, 0.1) is 12.6 Å². The molecule has 11 nitrogen and oxygen atoms in total. The number of fused-ring (bicyclic) bond motifs is 1. The molecular formula is C22H29N5O6. The van der Waals surface area contributed by atoms with Gasteiger partial charge in [-0.05, 0) is 66.3 Å². The third-order valence-electron chi connectivity index (χ3n) is 5.70. The number of unbranched alkanes of at least 4 members (excludes halogenated alkanes) is 1. The Hall–Kier alpha value is -3.50. The SMILES string of the molecule is O=C(O)C(=O)O.O=C1CCc2cc(OCCCCc3nnnn3C3CCCCC3)ccc2N1. The third kappa shape index (κ3) is 7.26. The highest BCUT2D eigenvalue weighted by Gasteiger charge is 2.19. The highest BCUT2D eigenvalue weighted by Crippen LogP contribution is 2.28. The number of amides is 1. The van der Waals surface area contributed by atoms with Gasteiger partial charge in [-0.25, -0.2) is 14.3 Å². The molecule has 0 radical (unpaired) electrons. The molecule has 0 bridgehead atoms. The summed E-state index contributed by atoms with van der Waals surface area (Å²) < 4.78 is 7.95. The quantitative estimate of drug-likeness (QED) is 0.418. The molecule has 0 atom stereocenters. The average molecular weight is 460 g/mol. The Kier molecular flexibility index (Phi) is 8.73. The molecular weight excluding hydrogens is 430 g/mol. The number of aliphatic carboxylic acids is 2. The first-order valence-electron chi connectivity index (χ1n) is 11.2. The van der Waals surface area contributed by atoms with Crippen LogP contribution in [0.4, 0.5) is 5.69 Å². The number of aromatic nitrogens is 4. The van der Waals surface area contributed by atoms with Crippen LogP contribution >= 0.6 is 0 Å². The topological polar surface area (TPSA) is 157 Å². The van der Waals surface area contributed by atoms with Crippen molar-refractivity contribution < 1.29 is 29.3 Å². The summed E-state index contributed by atoms with van der Waals surface area (Å²) in [6, 6.07) is 6.38. The normalized spacial score (nSPS) is 15.6. The first kappa shape index (κ1) is 24.1. The van der Waals surface area contributed by atoms with Gasteiger partial charge in [0.15, 0.2) is 5.82 Å². The molecule has 178 valence electrons. The van der Waals surface area contributed by atoms with E-state index in [2.05, 4.69) is 25.5 Å². The second-order valence-electron chi connectivity index (χ2n) is 8.11. The van der Waals surface area contributed by atoms with E-state index in [0.717, 1.165) is 48.5 Å². The van der Waals surface area contributed by atoms with E-state index >= 15 is 0 Å². The van der Waals surface area contributed by atoms with Crippen molar-refractivity contribution in [2.45, 2.75) is 70.3 Å². The largest absolute Gasteiger partial charge is 0.494 e. The monoisotopic (exact) mass is 459 g/mol. The van der Waals surface area contributed by atoms with Gasteiger partial charge in [0.25, 0.3) is 0 Å². The van der Waals surface area contributed by atoms with Gasteiger partial charge < -0.3 is 20.3 Å². The Morgan fingerprint density at radius 1 is 1.09 bits per heavy atom. The predicted octanol–water partition coefficient (Wildman–Crippen LogP) is 2.62. The number of carbonyl (C=O) groups excluding carboxylic acids is 1. The predicted molar refractivity (Wildman–Crippen MR) is 117 cm³/mol. The first-order chi connectivity index (χ1) is 15.9. The lowest BCUT2D eigenvalue weighted by Crippen LogP contribution is -2.18. The number of tetrazole rings is 1. The Morgan fingerprint density at radius 2 is 1.85 bits per heavy atom. The van der Waals surface area contributed by atoms with Gasteiger partial charge in [0.2, 0.25) is 5.91 Å². The van der Waals surface area contributed by atoms with Gasteiger partial charge in [0, 0.05) is 18.5 Å². The molecule has 1 fully saturated rings. The average Bonchev–Trinajstić information content (AvgIpc) is 3.28. The van der Waals surface area contributed by atoms with Crippen LogP contribution in [-0.2, 0) is 27.2 Å². The number of hydrogen-bond donors (Lipinski definition) is 3. The zero-order valence-electron chi connectivity index (χ0n) is 18.4. The number of carboxylic acid groups (broad SMARTS) is 2. The number of aryl methyl sites for hydroxylation is 2. The number of hydrogen-bond acceptors (Lipinski definition) is 7. The van der Waals surface area contributed by atoms with Crippen LogP contribution < -0.4 is 10.1 Å². The molecule has 0 saturated heterocycles. The number of nitrogens with one attached hydrogen (secondary N) is 1. The number of rotatable bonds is 7. The Labute approximate surface area is 191 Å². The van der Waals surface area contributed by atoms with Gasteiger partial charge in [-0.15, -0.1) is 5.10 Å². The minimum atomic E-state index is -1.82. The molecule has 1 aromatic carbocycles. The van der Waals surface area contributed by atoms with Crippen molar-refractivity contribution in [2.24, 2.45) is 0 Å². The summed E-state index contributed by atoms with van der Waals surface area (Å²) in [5.41, 5.74) is 2.06. The zero-order valence-corrected chi connectivity index (χ0v) is 18.4. The fourth-order valence-corrected chi connectivity index (χ4v) is 4.01. The molecule has 2 aromatic rings. The molecule has 2 aliphatic rings. The highest BCUT2D eigenvalue weighted by molar-refractivity contribution is 6.27. The molecule has 0 spiro atoms. The second-order valence-corrected chi connectivity index (χ2v) is 8.11. The molecule has 33 heavy (non-hydrogen) atoms. The zero-order chi connectivity index (χ0) is 23.6. The van der Waals surface area contributed by atoms with Crippen LogP contribution in [0.1, 0.15) is 68.8 Å². The van der Waals surface area contributed by atoms with Crippen LogP contribution in [0.2, 0.25) is 0 Å². The van der Waals surface area contributed by atoms with Crippen molar-refractivity contribution >= 4 is 23.5 Å². The molecule has 1 saturated carbocycles. The number of carboxylic acids is 2. The van der Waals surface area contributed by atoms with Gasteiger partial charge >= 0.3 is 11.9 Å². The molecule has 1 aliphatic heterocycles. The summed E-state index contributed by atoms with van der Waals surface area (Å²) in [4.78, 5) is 29.6. The third-order valence-corrected chi connectivity index (χ3v) is 5.70. The maximum atomic E-state index is 11.4. The number of ether oxygens (including phenoxy) is 1. The Balaban J connectivity index is 0.000000454. The fraction of sp³-hybridized carbons (Fsp3) is 0.545. The molecule has 11 heteroatoms. The van der Waals surface area contributed by atoms with E-state index in [-0.39, 0.29) is 5.91 Å². The number of nitrogens with zero attached hydrogens (tertiary/aromatic N) is 4. The molecule has 1 amide bonds. The summed E-state index contributed by atoms with van der Waals surface area (Å²) in [6.45, 7) is 0.677. The standard InChI is InChI=1S/C20H27N5O2.C2H2O4/c26-20-12-9-15-14-17(10-11-18(15)21-20)27-13-5-4-8-19-22-23-24-25(19)16-6-2-1-3-7-16;3-1(4)2(5)6/h10-11,14,16H,1-9,12-13H2,(H,21,26);(H,3,4)(H,5,6). The van der Waals surface area contributed by atoms with E-state index in [1.54, 1.807) is 0 Å². The summed E-state index contributed by atoms with van der Waals surface area (Å²) in [5.74, 6) is -1.68. The van der Waals surface area contributed by atoms with Crippen molar-refractivity contribution in [3.63, 3.8) is 0 Å². The number of benzene rings is 1. The Morgan fingerprint density at radius 3 is 2.58 bits per heavy atom. The molecule has 3 N–H and O–H groups in total. The van der Waals surface area contributed by atoms with E-state index in [1.807, 2.05) is 18.2 Å². The molecule has 4 rings (SSSR count). The smallest absolute Gasteiger partial charge is 0.414 e. The van der Waals surface area contributed by atoms with Gasteiger partial charge in [-0.2, -0.15) is 0 Å². The van der Waals surface area contributed by atoms with Gasteiger partial charge in [0.1, 0.15) is 5.75 Å². The van der Waals surface area contributed by atoms with Gasteiger partial charge in [-0.1, -0.05) is 19.3 Å². The van der Waals surface area contributed by atoms with Gasteiger partial charge in [-0.3, -0.25) is 4.79 Å². The summed E-state index contributed by atoms with van der Waals surface area (Å²) in [6.07, 6.45) is 10.5. The minimum absolute atomic E-state index is 0.0896. The lowest BCUT2D eigenvalue weighted by Gasteiger charge is -2.22. The van der Waals surface area contributed by atoms with Crippen molar-refractivity contribution in [3.8, 4) is 5.75 Å². The maximum absolute atomic E-state index is 11.4. The molecule has 0 unspecified atom stereocenters. The van der Waals surface area contributed by atoms with E-state index in [9.17, 15) is 4.79 Å². The lowest BCUT2D eigenvalue weighted by molar-refractivity contribution is -0.159. The summed E-state index contributed by atoms with van der Waals surface area (Å²) in [5, 5.41) is 30.0. The number of anilines is 1. The summed E-state index contributed by atoms with van der Waals surface area (Å²) in [7, 11) is 0. The van der Waals surface area contributed by atoms with Crippen LogP contribution in [0.25, 0.3) is 0 Å². The van der Waals surface area contributed by atoms with E-state index in [1.165, 1.54) is 32.1 Å². The highest BCUT2D eigenvalue weighted by atomic mass is 16.5. The minimum Gasteiger partial charge on any atom is -0.494 e. The van der Waals surface area contributed by atoms with Crippen molar-refractivity contribution in [1.29, 1.82) is 0 Å². The van der Waals surface area contributed by atoms with Crippen LogP contribution in [0.3, 0.4) is 0 Å². The van der Waals surface area contributed by atoms with E-state index in [0.29, 0.717) is 19.1 Å². The first-order valence-corrected chi connectivity index (χ1v) is 11.2. The summed E-state index contributed by atoms with van der Waals surface area (Å²) >= 11 is 0.